The van der Waals surface area contributed by atoms with Gasteiger partial charge >= 0.3 is 22.4 Å². The zero-order valence-corrected chi connectivity index (χ0v) is 20.9. The molecule has 0 spiro atoms. The van der Waals surface area contributed by atoms with Gasteiger partial charge in [-0.3, -0.25) is 19.1 Å². The first-order valence-electron chi connectivity index (χ1n) is 10.8. The molecule has 3 atom stereocenters. The molecule has 3 amide bonds. The van der Waals surface area contributed by atoms with Crippen molar-refractivity contribution in [3.8, 4) is 0 Å². The number of nitrogen functional groups attached to an aromatic ring is 1. The summed E-state index contributed by atoms with van der Waals surface area (Å²) in [6.45, 7) is -0.428. The van der Waals surface area contributed by atoms with Gasteiger partial charge < -0.3 is 36.4 Å². The van der Waals surface area contributed by atoms with Crippen LogP contribution in [0.15, 0.2) is 15.5 Å². The Bertz CT molecular complexity index is 1320. The molecule has 18 nitrogen and oxygen atoms in total. The first-order valence-corrected chi connectivity index (χ1v) is 13.1. The highest BCUT2D eigenvalue weighted by Crippen LogP contribution is 2.40. The van der Waals surface area contributed by atoms with Crippen molar-refractivity contribution >= 4 is 62.7 Å². The Labute approximate surface area is 218 Å². The number of thiazole rings is 1. The lowest BCUT2D eigenvalue weighted by Crippen LogP contribution is -2.74. The second-order valence-electron chi connectivity index (χ2n) is 8.46. The van der Waals surface area contributed by atoms with Crippen LogP contribution in [0.2, 0.25) is 0 Å². The molecule has 0 radical (unpaired) electrons. The number of rotatable bonds is 11. The minimum absolute atomic E-state index is 0.0310. The van der Waals surface area contributed by atoms with E-state index < -0.39 is 70.2 Å². The number of carbonyl (C=O) groups excluding carboxylic acids is 3. The summed E-state index contributed by atoms with van der Waals surface area (Å²) in [5, 5.41) is 16.6. The van der Waals surface area contributed by atoms with E-state index in [0.29, 0.717) is 0 Å². The number of nitrogens with zero attached hydrogens (tertiary/aromatic N) is 5. The molecule has 3 heterocycles. The van der Waals surface area contributed by atoms with E-state index in [-0.39, 0.29) is 41.1 Å². The molecule has 1 aliphatic carbocycles. The molecule has 3 fully saturated rings. The highest BCUT2D eigenvalue weighted by atomic mass is 32.2. The van der Waals surface area contributed by atoms with Gasteiger partial charge in [-0.05, 0) is 0 Å². The van der Waals surface area contributed by atoms with Crippen LogP contribution in [0.4, 0.5) is 9.93 Å². The Hall–Kier alpha value is -4.04. The first-order chi connectivity index (χ1) is 17.9. The largest absolute Gasteiger partial charge is 0.478 e. The summed E-state index contributed by atoms with van der Waals surface area (Å²) in [5.74, 6) is -3.55. The standard InChI is InChI=1S/C18H22N8O10S2/c19-7-21-3-8-4-25(17(31)35-8)5-10-12(14(28)26(10)38(32,33)34)23-13(27)11(9-6-37-16(20)22-9)24-36-18(1-2-18)15(29)30/h6-8,10,12H,1-5H2,(H2,19,21)(H2,20,22)(H,23,27)(H,29,30)(H,32,33,34)/b24-11-/t8?,10-,12+/m1/s1. The number of carbonyl (C=O) groups is 4. The average Bonchev–Trinajstić information content (AvgIpc) is 3.39. The third-order valence-electron chi connectivity index (χ3n) is 5.86. The number of nitrogens with one attached hydrogen (secondary N) is 1. The van der Waals surface area contributed by atoms with Gasteiger partial charge in [-0.2, -0.15) is 8.42 Å². The summed E-state index contributed by atoms with van der Waals surface area (Å²) in [6, 6.07) is -2.95. The number of ether oxygens (including phenoxy) is 1. The van der Waals surface area contributed by atoms with E-state index in [9.17, 15) is 37.3 Å². The fourth-order valence-corrected chi connectivity index (χ4v) is 5.18. The number of hydrogen-bond acceptors (Lipinski definition) is 13. The number of nitrogens with two attached hydrogens (primary N) is 2. The number of carboxylic acids is 1. The van der Waals surface area contributed by atoms with Gasteiger partial charge in [0.2, 0.25) is 5.60 Å². The molecular formula is C18H22N8O10S2. The Balaban J connectivity index is 1.54. The van der Waals surface area contributed by atoms with E-state index >= 15 is 0 Å². The minimum Gasteiger partial charge on any atom is -0.478 e. The molecule has 206 valence electrons. The fourth-order valence-electron chi connectivity index (χ4n) is 3.76. The van der Waals surface area contributed by atoms with Crippen molar-refractivity contribution < 1.29 is 46.8 Å². The number of cyclic esters (lactones) is 1. The van der Waals surface area contributed by atoms with Crippen molar-refractivity contribution in [2.24, 2.45) is 15.9 Å². The van der Waals surface area contributed by atoms with Crippen molar-refractivity contribution in [3.63, 3.8) is 0 Å². The lowest BCUT2D eigenvalue weighted by atomic mass is 9.97. The van der Waals surface area contributed by atoms with Crippen LogP contribution in [0.1, 0.15) is 18.5 Å². The number of aliphatic imine (C=N–C) groups is 1. The van der Waals surface area contributed by atoms with Gasteiger partial charge in [0.1, 0.15) is 17.8 Å². The number of hydrogen-bond donors (Lipinski definition) is 5. The molecule has 7 N–H and O–H groups in total. The van der Waals surface area contributed by atoms with Gasteiger partial charge in [-0.25, -0.2) is 18.9 Å². The topological polar surface area (TPSA) is 270 Å². The molecule has 1 aromatic rings. The van der Waals surface area contributed by atoms with Gasteiger partial charge in [0, 0.05) is 24.8 Å². The van der Waals surface area contributed by atoms with E-state index in [1.54, 1.807) is 0 Å². The molecular weight excluding hydrogens is 552 g/mol. The number of aromatic nitrogens is 1. The van der Waals surface area contributed by atoms with Crippen LogP contribution in [-0.4, -0.2) is 112 Å². The molecule has 1 saturated carbocycles. The highest BCUT2D eigenvalue weighted by molar-refractivity contribution is 7.84. The number of β-lactam (4-membered cyclic amide) rings is 1. The number of carboxylic acid groups (broad SMARTS) is 1. The van der Waals surface area contributed by atoms with E-state index in [2.05, 4.69) is 20.4 Å². The van der Waals surface area contributed by atoms with Crippen molar-refractivity contribution in [3.05, 3.63) is 11.1 Å². The zero-order chi connectivity index (χ0) is 27.8. The Morgan fingerprint density at radius 2 is 2.11 bits per heavy atom. The predicted molar refractivity (Wildman–Crippen MR) is 127 cm³/mol. The van der Waals surface area contributed by atoms with E-state index in [4.69, 9.17) is 21.0 Å². The lowest BCUT2D eigenvalue weighted by Gasteiger charge is -2.45. The average molecular weight is 575 g/mol. The number of amides is 3. The number of oxime groups is 1. The van der Waals surface area contributed by atoms with Crippen LogP contribution >= 0.6 is 11.3 Å². The molecule has 3 aliphatic rings. The van der Waals surface area contributed by atoms with E-state index in [1.165, 1.54) is 5.38 Å². The van der Waals surface area contributed by atoms with Crippen LogP contribution in [0, 0.1) is 0 Å². The van der Waals surface area contributed by atoms with Gasteiger partial charge in [0.25, 0.3) is 11.8 Å². The second kappa shape index (κ2) is 10.0. The van der Waals surface area contributed by atoms with Crippen LogP contribution < -0.4 is 16.8 Å². The molecule has 1 aromatic heterocycles. The van der Waals surface area contributed by atoms with Gasteiger partial charge in [0.05, 0.1) is 25.5 Å². The summed E-state index contributed by atoms with van der Waals surface area (Å²) in [5.41, 5.74) is 8.58. The quantitative estimate of drug-likeness (QED) is 0.0595. The van der Waals surface area contributed by atoms with Crippen molar-refractivity contribution in [1.29, 1.82) is 0 Å². The van der Waals surface area contributed by atoms with Gasteiger partial charge in [-0.1, -0.05) is 5.16 Å². The lowest BCUT2D eigenvalue weighted by molar-refractivity contribution is -0.153. The van der Waals surface area contributed by atoms with Crippen LogP contribution in [0.5, 0.6) is 0 Å². The van der Waals surface area contributed by atoms with Crippen molar-refractivity contribution in [2.75, 3.05) is 25.4 Å². The summed E-state index contributed by atoms with van der Waals surface area (Å²) in [6.07, 6.45) is -0.210. The molecule has 1 unspecified atom stereocenters. The molecule has 0 aromatic carbocycles. The van der Waals surface area contributed by atoms with Crippen LogP contribution in [0.25, 0.3) is 0 Å². The molecule has 38 heavy (non-hydrogen) atoms. The third-order valence-corrected chi connectivity index (χ3v) is 7.48. The first kappa shape index (κ1) is 27.0. The maximum absolute atomic E-state index is 13.1. The predicted octanol–water partition coefficient (Wildman–Crippen LogP) is -2.63. The molecule has 2 aliphatic heterocycles. The summed E-state index contributed by atoms with van der Waals surface area (Å²) in [7, 11) is -5.05. The zero-order valence-electron chi connectivity index (χ0n) is 19.3. The maximum atomic E-state index is 13.1. The Kier molecular flexibility index (Phi) is 7.12. The summed E-state index contributed by atoms with van der Waals surface area (Å²) >= 11 is 0.947. The normalized spacial score (nSPS) is 24.8. The van der Waals surface area contributed by atoms with E-state index in [1.807, 2.05) is 0 Å². The summed E-state index contributed by atoms with van der Waals surface area (Å²) in [4.78, 5) is 63.3. The van der Waals surface area contributed by atoms with Crippen molar-refractivity contribution in [2.45, 2.75) is 36.6 Å². The SMILES string of the molecule is NC=NCC1CN(C[C@@H]2[C@H](NC(=O)/C(=N\OC3(C(=O)O)CC3)c3csc(N)n3)C(=O)N2S(=O)(=O)O)C(=O)O1. The smallest absolute Gasteiger partial charge is 0.410 e. The van der Waals surface area contributed by atoms with E-state index in [0.717, 1.165) is 22.6 Å². The highest BCUT2D eigenvalue weighted by Gasteiger charge is 2.56. The Morgan fingerprint density at radius 1 is 1.39 bits per heavy atom. The number of aliphatic carboxylic acids is 1. The maximum Gasteiger partial charge on any atom is 0.410 e. The van der Waals surface area contributed by atoms with Gasteiger partial charge in [0.15, 0.2) is 10.8 Å². The Morgan fingerprint density at radius 3 is 2.66 bits per heavy atom. The van der Waals surface area contributed by atoms with Crippen LogP contribution in [-0.2, 0) is 34.3 Å². The van der Waals surface area contributed by atoms with Gasteiger partial charge in [-0.15, -0.1) is 11.3 Å². The monoisotopic (exact) mass is 574 g/mol. The molecule has 4 rings (SSSR count). The molecule has 2 saturated heterocycles. The number of anilines is 1. The summed E-state index contributed by atoms with van der Waals surface area (Å²) < 4.78 is 38.4. The van der Waals surface area contributed by atoms with Crippen molar-refractivity contribution in [1.82, 2.24) is 19.5 Å². The second-order valence-corrected chi connectivity index (χ2v) is 10.6. The van der Waals surface area contributed by atoms with Crippen LogP contribution in [0.3, 0.4) is 0 Å². The fraction of sp³-hybridized carbons (Fsp3) is 0.500. The molecule has 20 heteroatoms. The molecule has 0 bridgehead atoms. The third kappa shape index (κ3) is 5.31. The minimum atomic E-state index is -5.05.